The number of carbonyl (C=O) groups is 1. The van der Waals surface area contributed by atoms with Crippen molar-refractivity contribution in [1.29, 1.82) is 0 Å². The van der Waals surface area contributed by atoms with Crippen LogP contribution in [0.4, 0.5) is 0 Å². The van der Waals surface area contributed by atoms with Gasteiger partial charge in [0.25, 0.3) is 0 Å². The molecule has 1 amide bonds. The van der Waals surface area contributed by atoms with E-state index in [9.17, 15) is 4.79 Å². The van der Waals surface area contributed by atoms with Gasteiger partial charge in [-0.05, 0) is 13.3 Å². The Morgan fingerprint density at radius 2 is 1.92 bits per heavy atom. The first-order valence-electron chi connectivity index (χ1n) is 9.27. The summed E-state index contributed by atoms with van der Waals surface area (Å²) in [6.07, 6.45) is 1.66. The molecule has 0 saturated carbocycles. The minimum Gasteiger partial charge on any atom is -0.339 e. The van der Waals surface area contributed by atoms with E-state index in [0.29, 0.717) is 24.8 Å². The van der Waals surface area contributed by atoms with Crippen molar-refractivity contribution in [2.24, 2.45) is 5.73 Å². The molecule has 0 aliphatic carbocycles. The summed E-state index contributed by atoms with van der Waals surface area (Å²) in [6.45, 7) is 7.01. The number of rotatable bonds is 6. The summed E-state index contributed by atoms with van der Waals surface area (Å²) in [5.41, 5.74) is 6.90. The summed E-state index contributed by atoms with van der Waals surface area (Å²) >= 11 is 0. The zero-order valence-electron chi connectivity index (χ0n) is 15.5. The van der Waals surface area contributed by atoms with Crippen molar-refractivity contribution >= 4 is 5.91 Å². The van der Waals surface area contributed by atoms with Crippen LogP contribution in [0.1, 0.15) is 38.6 Å². The van der Waals surface area contributed by atoms with Crippen LogP contribution >= 0.6 is 0 Å². The number of nitrogens with zero attached hydrogens (tertiary/aromatic N) is 4. The van der Waals surface area contributed by atoms with Crippen molar-refractivity contribution in [3.63, 3.8) is 0 Å². The molecule has 7 heteroatoms. The highest BCUT2D eigenvalue weighted by atomic mass is 16.5. The van der Waals surface area contributed by atoms with E-state index >= 15 is 0 Å². The zero-order chi connectivity index (χ0) is 18.5. The molecule has 26 heavy (non-hydrogen) atoms. The van der Waals surface area contributed by atoms with Gasteiger partial charge in [-0.1, -0.05) is 48.8 Å². The topological polar surface area (TPSA) is 88.5 Å². The van der Waals surface area contributed by atoms with Gasteiger partial charge in [0.15, 0.2) is 0 Å². The van der Waals surface area contributed by atoms with Gasteiger partial charge in [0.1, 0.15) is 0 Å². The molecule has 2 unspecified atom stereocenters. The Labute approximate surface area is 154 Å². The van der Waals surface area contributed by atoms with Crippen LogP contribution in [0, 0.1) is 0 Å². The maximum Gasteiger partial charge on any atom is 0.244 e. The van der Waals surface area contributed by atoms with Crippen molar-refractivity contribution in [1.82, 2.24) is 19.9 Å². The average Bonchev–Trinajstić information content (AvgIpc) is 3.18. The van der Waals surface area contributed by atoms with Gasteiger partial charge in [-0.2, -0.15) is 4.98 Å². The second kappa shape index (κ2) is 8.42. The fraction of sp³-hybridized carbons (Fsp3) is 0.526. The van der Waals surface area contributed by atoms with Crippen LogP contribution in [0.5, 0.6) is 0 Å². The lowest BCUT2D eigenvalue weighted by Gasteiger charge is -2.37. The minimum absolute atomic E-state index is 0.0153. The quantitative estimate of drug-likeness (QED) is 0.851. The van der Waals surface area contributed by atoms with Gasteiger partial charge in [-0.3, -0.25) is 9.69 Å². The Bertz CT molecular complexity index is 710. The predicted molar refractivity (Wildman–Crippen MR) is 99.2 cm³/mol. The SMILES string of the molecule is CCCC(N)C(=O)N1CCN(C(C)c2nc(-c3ccccc3)no2)CC1. The Morgan fingerprint density at radius 3 is 2.58 bits per heavy atom. The van der Waals surface area contributed by atoms with Crippen molar-refractivity contribution < 1.29 is 9.32 Å². The maximum atomic E-state index is 12.3. The third-order valence-corrected chi connectivity index (χ3v) is 4.92. The molecule has 1 aromatic carbocycles. The Hall–Kier alpha value is -2.25. The number of amides is 1. The Kier molecular flexibility index (Phi) is 6.00. The molecule has 1 saturated heterocycles. The lowest BCUT2D eigenvalue weighted by atomic mass is 10.1. The highest BCUT2D eigenvalue weighted by Gasteiger charge is 2.29. The zero-order valence-corrected chi connectivity index (χ0v) is 15.5. The molecule has 3 rings (SSSR count). The van der Waals surface area contributed by atoms with Gasteiger partial charge < -0.3 is 15.2 Å². The predicted octanol–water partition coefficient (Wildman–Crippen LogP) is 2.07. The first-order chi connectivity index (χ1) is 12.6. The molecule has 2 heterocycles. The lowest BCUT2D eigenvalue weighted by molar-refractivity contribution is -0.134. The van der Waals surface area contributed by atoms with Crippen molar-refractivity contribution in [3.8, 4) is 11.4 Å². The molecule has 2 N–H and O–H groups in total. The summed E-state index contributed by atoms with van der Waals surface area (Å²) in [6, 6.07) is 9.42. The molecule has 1 fully saturated rings. The fourth-order valence-corrected chi connectivity index (χ4v) is 3.26. The largest absolute Gasteiger partial charge is 0.339 e. The third-order valence-electron chi connectivity index (χ3n) is 4.92. The summed E-state index contributed by atoms with van der Waals surface area (Å²) in [5.74, 6) is 1.27. The minimum atomic E-state index is -0.381. The molecule has 1 aliphatic heterocycles. The smallest absolute Gasteiger partial charge is 0.244 e. The van der Waals surface area contributed by atoms with E-state index in [1.807, 2.05) is 42.2 Å². The molecule has 7 nitrogen and oxygen atoms in total. The van der Waals surface area contributed by atoms with Crippen LogP contribution in [-0.2, 0) is 4.79 Å². The fourth-order valence-electron chi connectivity index (χ4n) is 3.26. The molecular weight excluding hydrogens is 330 g/mol. The van der Waals surface area contributed by atoms with E-state index in [0.717, 1.165) is 31.5 Å². The van der Waals surface area contributed by atoms with E-state index in [2.05, 4.69) is 22.0 Å². The van der Waals surface area contributed by atoms with E-state index < -0.39 is 0 Å². The number of benzene rings is 1. The van der Waals surface area contributed by atoms with E-state index in [1.165, 1.54) is 0 Å². The van der Waals surface area contributed by atoms with Crippen LogP contribution in [0.25, 0.3) is 11.4 Å². The van der Waals surface area contributed by atoms with E-state index in [1.54, 1.807) is 0 Å². The molecule has 2 atom stereocenters. The van der Waals surface area contributed by atoms with Crippen LogP contribution in [0.2, 0.25) is 0 Å². The van der Waals surface area contributed by atoms with Crippen molar-refractivity contribution in [2.45, 2.75) is 38.8 Å². The van der Waals surface area contributed by atoms with E-state index in [-0.39, 0.29) is 18.0 Å². The monoisotopic (exact) mass is 357 g/mol. The number of aromatic nitrogens is 2. The van der Waals surface area contributed by atoms with Crippen LogP contribution in [0.15, 0.2) is 34.9 Å². The summed E-state index contributed by atoms with van der Waals surface area (Å²) in [4.78, 5) is 21.0. The third kappa shape index (κ3) is 4.11. The Balaban J connectivity index is 1.58. The second-order valence-corrected chi connectivity index (χ2v) is 6.75. The summed E-state index contributed by atoms with van der Waals surface area (Å²) < 4.78 is 5.48. The van der Waals surface area contributed by atoms with Crippen molar-refractivity contribution in [3.05, 3.63) is 36.2 Å². The first-order valence-corrected chi connectivity index (χ1v) is 9.27. The normalized spacial score (nSPS) is 17.9. The first kappa shape index (κ1) is 18.5. The molecule has 1 aromatic heterocycles. The highest BCUT2D eigenvalue weighted by molar-refractivity contribution is 5.81. The number of hydrogen-bond donors (Lipinski definition) is 1. The molecule has 0 radical (unpaired) electrons. The molecule has 0 spiro atoms. The van der Waals surface area contributed by atoms with Gasteiger partial charge in [-0.25, -0.2) is 0 Å². The molecular formula is C19H27N5O2. The second-order valence-electron chi connectivity index (χ2n) is 6.75. The maximum absolute atomic E-state index is 12.3. The Morgan fingerprint density at radius 1 is 1.23 bits per heavy atom. The van der Waals surface area contributed by atoms with Crippen LogP contribution in [0.3, 0.4) is 0 Å². The average molecular weight is 357 g/mol. The van der Waals surface area contributed by atoms with E-state index in [4.69, 9.17) is 10.3 Å². The standard InChI is InChI=1S/C19H27N5O2/c1-3-7-16(20)19(25)24-12-10-23(11-13-24)14(2)18-21-17(22-26-18)15-8-5-4-6-9-15/h4-6,8-9,14,16H,3,7,10-13,20H2,1-2H3. The van der Waals surface area contributed by atoms with Crippen LogP contribution in [-0.4, -0.2) is 58.1 Å². The molecule has 1 aliphatic rings. The van der Waals surface area contributed by atoms with Gasteiger partial charge in [0, 0.05) is 31.7 Å². The molecule has 0 bridgehead atoms. The van der Waals surface area contributed by atoms with Crippen molar-refractivity contribution in [2.75, 3.05) is 26.2 Å². The summed E-state index contributed by atoms with van der Waals surface area (Å²) in [5, 5.41) is 4.10. The highest BCUT2D eigenvalue weighted by Crippen LogP contribution is 2.23. The molecule has 2 aromatic rings. The lowest BCUT2D eigenvalue weighted by Crippen LogP contribution is -2.53. The van der Waals surface area contributed by atoms with Gasteiger partial charge in [-0.15, -0.1) is 0 Å². The number of nitrogens with two attached hydrogens (primary N) is 1. The summed E-state index contributed by atoms with van der Waals surface area (Å²) in [7, 11) is 0. The number of carbonyl (C=O) groups excluding carboxylic acids is 1. The van der Waals surface area contributed by atoms with Crippen LogP contribution < -0.4 is 5.73 Å². The van der Waals surface area contributed by atoms with Gasteiger partial charge in [0.2, 0.25) is 17.6 Å². The number of hydrogen-bond acceptors (Lipinski definition) is 6. The number of piperazine rings is 1. The molecule has 140 valence electrons. The van der Waals surface area contributed by atoms with Gasteiger partial charge >= 0.3 is 0 Å². The van der Waals surface area contributed by atoms with Gasteiger partial charge in [0.05, 0.1) is 12.1 Å².